The summed E-state index contributed by atoms with van der Waals surface area (Å²) in [5.74, 6) is -0.312. The Hall–Kier alpha value is -0.610. The number of carbonyl (C=O) groups is 1. The molecule has 0 amide bonds. The van der Waals surface area contributed by atoms with Crippen molar-refractivity contribution in [2.75, 3.05) is 6.54 Å². The molecule has 0 spiro atoms. The van der Waals surface area contributed by atoms with Gasteiger partial charge < -0.3 is 10.2 Å². The number of nitrogens with one attached hydrogen (secondary N) is 1. The minimum absolute atomic E-state index is 0.255. The predicted octanol–water partition coefficient (Wildman–Crippen LogP) is 2.51. The molecule has 1 rings (SSSR count). The maximum Gasteiger partial charge on any atom is 0.303 e. The van der Waals surface area contributed by atoms with Crippen LogP contribution in [0.2, 0.25) is 0 Å². The van der Waals surface area contributed by atoms with Crippen molar-refractivity contribution in [1.82, 2.24) is 5.32 Å². The quantitative estimate of drug-likeness (QED) is 0.355. The summed E-state index contributed by atoms with van der Waals surface area (Å²) in [6.07, 6.45) is 9.82. The monoisotopic (exact) mass is 257 g/mol. The Bertz CT molecular complexity index is 225. The van der Waals surface area contributed by atoms with Crippen LogP contribution in [0.15, 0.2) is 0 Å². The molecular formula is C14H27NO3. The summed E-state index contributed by atoms with van der Waals surface area (Å²) in [5, 5.41) is 21.7. The van der Waals surface area contributed by atoms with Crippen LogP contribution in [-0.4, -0.2) is 29.0 Å². The summed E-state index contributed by atoms with van der Waals surface area (Å²) >= 11 is 0. The van der Waals surface area contributed by atoms with E-state index in [2.05, 4.69) is 5.32 Å². The Morgan fingerprint density at radius 3 is 2.39 bits per heavy atom. The second kappa shape index (κ2) is 9.34. The van der Waals surface area contributed by atoms with Crippen molar-refractivity contribution < 1.29 is 15.0 Å². The zero-order chi connectivity index (χ0) is 13.2. The van der Waals surface area contributed by atoms with E-state index in [-0.39, 0.29) is 12.6 Å². The van der Waals surface area contributed by atoms with Gasteiger partial charge in [-0.2, -0.15) is 0 Å². The van der Waals surface area contributed by atoms with Gasteiger partial charge in [0.1, 0.15) is 6.23 Å². The highest BCUT2D eigenvalue weighted by Gasteiger charge is 2.19. The van der Waals surface area contributed by atoms with E-state index in [9.17, 15) is 9.90 Å². The van der Waals surface area contributed by atoms with Crippen LogP contribution in [0.1, 0.15) is 64.2 Å². The third kappa shape index (κ3) is 6.97. The van der Waals surface area contributed by atoms with Crippen LogP contribution in [0.25, 0.3) is 0 Å². The van der Waals surface area contributed by atoms with Crippen LogP contribution < -0.4 is 5.32 Å². The fourth-order valence-corrected chi connectivity index (χ4v) is 2.62. The zero-order valence-corrected chi connectivity index (χ0v) is 11.2. The molecule has 1 aliphatic rings. The first-order valence-electron chi connectivity index (χ1n) is 7.33. The summed E-state index contributed by atoms with van der Waals surface area (Å²) in [5.41, 5.74) is 0. The topological polar surface area (TPSA) is 69.6 Å². The number of aliphatic hydroxyl groups is 1. The summed E-state index contributed by atoms with van der Waals surface area (Å²) in [7, 11) is 0. The molecule has 0 aromatic heterocycles. The molecule has 0 saturated heterocycles. The van der Waals surface area contributed by atoms with Crippen LogP contribution in [-0.2, 0) is 4.79 Å². The fourth-order valence-electron chi connectivity index (χ4n) is 2.62. The van der Waals surface area contributed by atoms with Gasteiger partial charge in [-0.1, -0.05) is 32.1 Å². The van der Waals surface area contributed by atoms with Gasteiger partial charge in [-0.15, -0.1) is 0 Å². The van der Waals surface area contributed by atoms with Gasteiger partial charge >= 0.3 is 5.97 Å². The summed E-state index contributed by atoms with van der Waals surface area (Å²) < 4.78 is 0. The van der Waals surface area contributed by atoms with Gasteiger partial charge in [-0.25, -0.2) is 0 Å². The van der Waals surface area contributed by atoms with Gasteiger partial charge in [0.25, 0.3) is 0 Å². The van der Waals surface area contributed by atoms with Gasteiger partial charge in [0, 0.05) is 6.42 Å². The highest BCUT2D eigenvalue weighted by molar-refractivity contribution is 5.66. The largest absolute Gasteiger partial charge is 0.481 e. The molecule has 0 radical (unpaired) electrons. The number of aliphatic hydroxyl groups excluding tert-OH is 1. The van der Waals surface area contributed by atoms with E-state index in [4.69, 9.17) is 5.11 Å². The summed E-state index contributed by atoms with van der Waals surface area (Å²) in [4.78, 5) is 10.3. The molecule has 3 N–H and O–H groups in total. The van der Waals surface area contributed by atoms with E-state index in [1.54, 1.807) is 0 Å². The number of rotatable bonds is 8. The second-order valence-electron chi connectivity index (χ2n) is 5.36. The summed E-state index contributed by atoms with van der Waals surface area (Å²) in [6.45, 7) is 0.789. The fraction of sp³-hybridized carbons (Fsp3) is 0.929. The molecule has 4 heteroatoms. The SMILES string of the molecule is O=C(O)CCCCCNC(O)C1CCCCCC1. The third-order valence-electron chi connectivity index (χ3n) is 3.77. The molecule has 1 unspecified atom stereocenters. The average Bonchev–Trinajstić information content (AvgIpc) is 2.61. The lowest BCUT2D eigenvalue weighted by atomic mass is 9.98. The summed E-state index contributed by atoms with van der Waals surface area (Å²) in [6, 6.07) is 0. The highest BCUT2D eigenvalue weighted by Crippen LogP contribution is 2.24. The first kappa shape index (κ1) is 15.4. The zero-order valence-electron chi connectivity index (χ0n) is 11.2. The molecule has 106 valence electrons. The lowest BCUT2D eigenvalue weighted by molar-refractivity contribution is -0.137. The maximum absolute atomic E-state index is 10.3. The van der Waals surface area contributed by atoms with Crippen molar-refractivity contribution in [3.8, 4) is 0 Å². The molecule has 0 heterocycles. The van der Waals surface area contributed by atoms with Crippen LogP contribution >= 0.6 is 0 Å². The van der Waals surface area contributed by atoms with E-state index in [1.807, 2.05) is 0 Å². The Kier molecular flexibility index (Phi) is 8.01. The Balaban J connectivity index is 2.01. The van der Waals surface area contributed by atoms with E-state index in [0.29, 0.717) is 5.92 Å². The lowest BCUT2D eigenvalue weighted by Crippen LogP contribution is -2.36. The molecule has 1 atom stereocenters. The van der Waals surface area contributed by atoms with Crippen molar-refractivity contribution in [2.24, 2.45) is 5.92 Å². The van der Waals surface area contributed by atoms with Gasteiger partial charge in [0.05, 0.1) is 0 Å². The van der Waals surface area contributed by atoms with Gasteiger partial charge in [-0.3, -0.25) is 10.1 Å². The normalized spacial score (nSPS) is 19.4. The van der Waals surface area contributed by atoms with Crippen LogP contribution in [0.3, 0.4) is 0 Å². The van der Waals surface area contributed by atoms with Crippen molar-refractivity contribution in [2.45, 2.75) is 70.4 Å². The van der Waals surface area contributed by atoms with Gasteiger partial charge in [-0.05, 0) is 38.1 Å². The molecule has 1 fully saturated rings. The number of hydrogen-bond acceptors (Lipinski definition) is 3. The first-order chi connectivity index (χ1) is 8.70. The van der Waals surface area contributed by atoms with Gasteiger partial charge in [0.15, 0.2) is 0 Å². The molecule has 18 heavy (non-hydrogen) atoms. The smallest absolute Gasteiger partial charge is 0.303 e. The van der Waals surface area contributed by atoms with Crippen molar-refractivity contribution in [3.05, 3.63) is 0 Å². The van der Waals surface area contributed by atoms with Crippen LogP contribution in [0.5, 0.6) is 0 Å². The molecule has 1 aliphatic carbocycles. The van der Waals surface area contributed by atoms with Crippen LogP contribution in [0.4, 0.5) is 0 Å². The molecule has 1 saturated carbocycles. The van der Waals surface area contributed by atoms with Crippen molar-refractivity contribution in [3.63, 3.8) is 0 Å². The van der Waals surface area contributed by atoms with Gasteiger partial charge in [0.2, 0.25) is 0 Å². The minimum atomic E-state index is -0.721. The van der Waals surface area contributed by atoms with Crippen LogP contribution in [0, 0.1) is 5.92 Å². The number of hydrogen-bond donors (Lipinski definition) is 3. The predicted molar refractivity (Wildman–Crippen MR) is 71.3 cm³/mol. The number of carboxylic acid groups (broad SMARTS) is 1. The molecule has 0 aromatic carbocycles. The van der Waals surface area contributed by atoms with Crippen molar-refractivity contribution in [1.29, 1.82) is 0 Å². The third-order valence-corrected chi connectivity index (χ3v) is 3.77. The molecular weight excluding hydrogens is 230 g/mol. The number of aliphatic carboxylic acids is 1. The Morgan fingerprint density at radius 2 is 1.78 bits per heavy atom. The maximum atomic E-state index is 10.3. The number of carboxylic acids is 1. The van der Waals surface area contributed by atoms with E-state index >= 15 is 0 Å². The lowest BCUT2D eigenvalue weighted by Gasteiger charge is -2.22. The van der Waals surface area contributed by atoms with E-state index in [0.717, 1.165) is 38.6 Å². The first-order valence-corrected chi connectivity index (χ1v) is 7.33. The minimum Gasteiger partial charge on any atom is -0.481 e. The molecule has 4 nitrogen and oxygen atoms in total. The van der Waals surface area contributed by atoms with E-state index < -0.39 is 5.97 Å². The standard InChI is InChI=1S/C14H27NO3/c16-13(17)10-6-3-7-11-15-14(18)12-8-4-1-2-5-9-12/h12,14-15,18H,1-11H2,(H,16,17). The highest BCUT2D eigenvalue weighted by atomic mass is 16.4. The Labute approximate surface area is 110 Å². The molecule has 0 bridgehead atoms. The average molecular weight is 257 g/mol. The Morgan fingerprint density at radius 1 is 1.11 bits per heavy atom. The number of unbranched alkanes of at least 4 members (excludes halogenated alkanes) is 2. The molecule has 0 aromatic rings. The second-order valence-corrected chi connectivity index (χ2v) is 5.36. The molecule has 0 aliphatic heterocycles. The van der Waals surface area contributed by atoms with E-state index in [1.165, 1.54) is 25.7 Å². The van der Waals surface area contributed by atoms with Crippen molar-refractivity contribution >= 4 is 5.97 Å².